The zero-order valence-electron chi connectivity index (χ0n) is 5.66. The normalized spacial score (nSPS) is 10.2. The van der Waals surface area contributed by atoms with Crippen LogP contribution in [0.5, 0.6) is 0 Å². The summed E-state index contributed by atoms with van der Waals surface area (Å²) in [6.45, 7) is 2.53. The lowest BCUT2D eigenvalue weighted by Gasteiger charge is -1.89. The molecule has 0 saturated carbocycles. The van der Waals surface area contributed by atoms with Gasteiger partial charge in [0.2, 0.25) is 5.89 Å². The van der Waals surface area contributed by atoms with E-state index < -0.39 is 0 Å². The lowest BCUT2D eigenvalue weighted by atomic mass is 10.4. The van der Waals surface area contributed by atoms with Gasteiger partial charge in [-0.2, -0.15) is 4.98 Å². The van der Waals surface area contributed by atoms with Crippen molar-refractivity contribution in [1.29, 1.82) is 0 Å². The number of thiol groups is 1. The standard InChI is InChI=1S/C5H9N3OS/c1-4-7-5(9-8-4)2-3-6-10/h6,10H,2-3H2,1H3. The van der Waals surface area contributed by atoms with Crippen LogP contribution in [0.15, 0.2) is 4.52 Å². The monoisotopic (exact) mass is 159 g/mol. The molecule has 1 rings (SSSR count). The molecule has 1 heterocycles. The fourth-order valence-electron chi connectivity index (χ4n) is 0.604. The molecule has 0 unspecified atom stereocenters. The minimum absolute atomic E-state index is 0.652. The third-order valence-corrected chi connectivity index (χ3v) is 1.24. The summed E-state index contributed by atoms with van der Waals surface area (Å²) in [6.07, 6.45) is 0.727. The summed E-state index contributed by atoms with van der Waals surface area (Å²) >= 11 is 3.82. The van der Waals surface area contributed by atoms with E-state index in [-0.39, 0.29) is 0 Å². The van der Waals surface area contributed by atoms with Crippen LogP contribution in [0.2, 0.25) is 0 Å². The van der Waals surface area contributed by atoms with Crippen molar-refractivity contribution < 1.29 is 4.52 Å². The molecule has 0 spiro atoms. The fourth-order valence-corrected chi connectivity index (χ4v) is 0.716. The smallest absolute Gasteiger partial charge is 0.227 e. The number of hydrogen-bond donors (Lipinski definition) is 2. The van der Waals surface area contributed by atoms with Gasteiger partial charge in [0.05, 0.1) is 0 Å². The predicted molar refractivity (Wildman–Crippen MR) is 39.7 cm³/mol. The van der Waals surface area contributed by atoms with Crippen LogP contribution in [-0.2, 0) is 6.42 Å². The molecule has 0 aliphatic carbocycles. The molecule has 0 atom stereocenters. The van der Waals surface area contributed by atoms with Crippen LogP contribution in [0, 0.1) is 6.92 Å². The van der Waals surface area contributed by atoms with Crippen LogP contribution >= 0.6 is 12.8 Å². The number of rotatable bonds is 3. The molecule has 56 valence electrons. The first-order valence-corrected chi connectivity index (χ1v) is 3.44. The van der Waals surface area contributed by atoms with E-state index in [4.69, 9.17) is 4.52 Å². The summed E-state index contributed by atoms with van der Waals surface area (Å²) in [7, 11) is 0. The Kier molecular flexibility index (Phi) is 2.70. The van der Waals surface area contributed by atoms with E-state index in [9.17, 15) is 0 Å². The maximum atomic E-state index is 4.83. The number of nitrogens with zero attached hydrogens (tertiary/aromatic N) is 2. The van der Waals surface area contributed by atoms with E-state index in [0.717, 1.165) is 13.0 Å². The van der Waals surface area contributed by atoms with Gasteiger partial charge in [0, 0.05) is 13.0 Å². The van der Waals surface area contributed by atoms with Crippen LogP contribution in [-0.4, -0.2) is 16.7 Å². The van der Waals surface area contributed by atoms with Crippen molar-refractivity contribution in [3.63, 3.8) is 0 Å². The van der Waals surface area contributed by atoms with Gasteiger partial charge < -0.3 is 4.52 Å². The summed E-state index contributed by atoms with van der Waals surface area (Å²) < 4.78 is 7.52. The Morgan fingerprint density at radius 2 is 2.50 bits per heavy atom. The quantitative estimate of drug-likeness (QED) is 0.625. The molecule has 0 aromatic carbocycles. The lowest BCUT2D eigenvalue weighted by molar-refractivity contribution is 0.375. The highest BCUT2D eigenvalue weighted by Gasteiger charge is 1.99. The Bertz CT molecular complexity index is 201. The van der Waals surface area contributed by atoms with Gasteiger partial charge in [0.1, 0.15) is 0 Å². The molecule has 5 heteroatoms. The second kappa shape index (κ2) is 3.58. The minimum atomic E-state index is 0.652. The molecular formula is C5H9N3OS. The van der Waals surface area contributed by atoms with Gasteiger partial charge in [-0.25, -0.2) is 0 Å². The zero-order chi connectivity index (χ0) is 7.40. The summed E-state index contributed by atoms with van der Waals surface area (Å²) in [5, 5.41) is 3.63. The average molecular weight is 159 g/mol. The van der Waals surface area contributed by atoms with Gasteiger partial charge in [-0.1, -0.05) is 18.0 Å². The third-order valence-electron chi connectivity index (χ3n) is 1.02. The Morgan fingerprint density at radius 3 is 3.00 bits per heavy atom. The minimum Gasteiger partial charge on any atom is -0.339 e. The highest BCUT2D eigenvalue weighted by Crippen LogP contribution is 1.95. The molecule has 1 N–H and O–H groups in total. The highest BCUT2D eigenvalue weighted by atomic mass is 32.1. The largest absolute Gasteiger partial charge is 0.339 e. The van der Waals surface area contributed by atoms with Crippen molar-refractivity contribution in [3.05, 3.63) is 11.7 Å². The van der Waals surface area contributed by atoms with Crippen LogP contribution < -0.4 is 4.72 Å². The Labute approximate surface area is 64.6 Å². The maximum absolute atomic E-state index is 4.83. The van der Waals surface area contributed by atoms with Crippen molar-refractivity contribution in [3.8, 4) is 0 Å². The zero-order valence-corrected chi connectivity index (χ0v) is 6.56. The summed E-state index contributed by atoms with van der Waals surface area (Å²) in [4.78, 5) is 4.00. The van der Waals surface area contributed by atoms with Crippen molar-refractivity contribution in [2.45, 2.75) is 13.3 Å². The number of aryl methyl sites for hydroxylation is 1. The molecule has 0 aliphatic heterocycles. The molecule has 1 aromatic rings. The van der Waals surface area contributed by atoms with E-state index in [0.29, 0.717) is 11.7 Å². The molecule has 4 nitrogen and oxygen atoms in total. The Morgan fingerprint density at radius 1 is 1.70 bits per heavy atom. The first-order chi connectivity index (χ1) is 4.83. The average Bonchev–Trinajstić information content (AvgIpc) is 2.31. The van der Waals surface area contributed by atoms with E-state index in [2.05, 4.69) is 27.7 Å². The number of nitrogens with one attached hydrogen (secondary N) is 1. The Balaban J connectivity index is 2.42. The van der Waals surface area contributed by atoms with Crippen LogP contribution in [0.4, 0.5) is 0 Å². The molecule has 0 aliphatic rings. The van der Waals surface area contributed by atoms with Crippen molar-refractivity contribution in [1.82, 2.24) is 14.9 Å². The van der Waals surface area contributed by atoms with E-state index in [1.165, 1.54) is 0 Å². The molecule has 10 heavy (non-hydrogen) atoms. The molecule has 0 bridgehead atoms. The summed E-state index contributed by atoms with van der Waals surface area (Å²) in [6, 6.07) is 0. The molecule has 0 amide bonds. The van der Waals surface area contributed by atoms with Crippen LogP contribution in [0.25, 0.3) is 0 Å². The van der Waals surface area contributed by atoms with E-state index in [1.807, 2.05) is 0 Å². The summed E-state index contributed by atoms with van der Waals surface area (Å²) in [5.74, 6) is 1.33. The molecular weight excluding hydrogens is 150 g/mol. The maximum Gasteiger partial charge on any atom is 0.227 e. The van der Waals surface area contributed by atoms with Crippen molar-refractivity contribution >= 4 is 12.8 Å². The first kappa shape index (κ1) is 7.56. The topological polar surface area (TPSA) is 51.0 Å². The van der Waals surface area contributed by atoms with Crippen LogP contribution in [0.1, 0.15) is 11.7 Å². The number of hydrogen-bond acceptors (Lipinski definition) is 5. The highest BCUT2D eigenvalue weighted by molar-refractivity contribution is 7.78. The third kappa shape index (κ3) is 2.00. The molecule has 0 radical (unpaired) electrons. The fraction of sp³-hybridized carbons (Fsp3) is 0.600. The van der Waals surface area contributed by atoms with E-state index in [1.54, 1.807) is 6.92 Å². The second-order valence-corrected chi connectivity index (χ2v) is 2.21. The predicted octanol–water partition coefficient (Wildman–Crippen LogP) is 0.355. The van der Waals surface area contributed by atoms with Crippen LogP contribution in [0.3, 0.4) is 0 Å². The van der Waals surface area contributed by atoms with Gasteiger partial charge >= 0.3 is 0 Å². The second-order valence-electron chi connectivity index (χ2n) is 1.89. The first-order valence-electron chi connectivity index (χ1n) is 2.99. The Hall–Kier alpha value is -0.550. The van der Waals surface area contributed by atoms with Gasteiger partial charge in [-0.15, -0.1) is 0 Å². The SMILES string of the molecule is Cc1noc(CCNS)n1. The van der Waals surface area contributed by atoms with Crippen molar-refractivity contribution in [2.75, 3.05) is 6.54 Å². The van der Waals surface area contributed by atoms with E-state index >= 15 is 0 Å². The lowest BCUT2D eigenvalue weighted by Crippen LogP contribution is -2.04. The van der Waals surface area contributed by atoms with Gasteiger partial charge in [-0.05, 0) is 6.92 Å². The van der Waals surface area contributed by atoms with Gasteiger partial charge in [0.15, 0.2) is 5.82 Å². The van der Waals surface area contributed by atoms with Gasteiger partial charge in [-0.3, -0.25) is 4.72 Å². The molecule has 0 fully saturated rings. The number of aromatic nitrogens is 2. The molecule has 1 aromatic heterocycles. The van der Waals surface area contributed by atoms with Gasteiger partial charge in [0.25, 0.3) is 0 Å². The summed E-state index contributed by atoms with van der Waals surface area (Å²) in [5.41, 5.74) is 0. The molecule has 0 saturated heterocycles. The van der Waals surface area contributed by atoms with Crippen molar-refractivity contribution in [2.24, 2.45) is 0 Å².